The Balaban J connectivity index is 1.61. The lowest BCUT2D eigenvalue weighted by Crippen LogP contribution is -2.46. The van der Waals surface area contributed by atoms with E-state index in [1.165, 1.54) is 18.4 Å². The molecule has 0 aliphatic carbocycles. The third-order valence-corrected chi connectivity index (χ3v) is 4.33. The molecule has 20 heavy (non-hydrogen) atoms. The normalized spacial score (nSPS) is 25.9. The van der Waals surface area contributed by atoms with Crippen LogP contribution in [-0.2, 0) is 6.54 Å². The van der Waals surface area contributed by atoms with E-state index in [1.807, 2.05) is 6.07 Å². The van der Waals surface area contributed by atoms with Crippen LogP contribution in [0.25, 0.3) is 0 Å². The van der Waals surface area contributed by atoms with Crippen LogP contribution in [0.3, 0.4) is 0 Å². The molecule has 2 aliphatic heterocycles. The van der Waals surface area contributed by atoms with E-state index >= 15 is 0 Å². The molecule has 1 aromatic carbocycles. The molecule has 1 N–H and O–H groups in total. The Bertz CT molecular complexity index is 464. The number of nitrogens with one attached hydrogen (secondary N) is 1. The molecule has 110 valence electrons. The Kier molecular flexibility index (Phi) is 4.13. The zero-order valence-corrected chi connectivity index (χ0v) is 12.4. The van der Waals surface area contributed by atoms with Gasteiger partial charge in [0.1, 0.15) is 0 Å². The highest BCUT2D eigenvalue weighted by atomic mass is 16.7. The molecule has 2 aliphatic rings. The lowest BCUT2D eigenvalue weighted by molar-refractivity contribution is 0.129. The predicted molar refractivity (Wildman–Crippen MR) is 79.1 cm³/mol. The first-order valence-corrected chi connectivity index (χ1v) is 7.62. The first-order valence-electron chi connectivity index (χ1n) is 7.62. The zero-order chi connectivity index (χ0) is 13.9. The summed E-state index contributed by atoms with van der Waals surface area (Å²) in [6.45, 7) is 8.09. The van der Waals surface area contributed by atoms with E-state index in [4.69, 9.17) is 9.47 Å². The number of fused-ring (bicyclic) bond motifs is 1. The number of piperidine rings is 1. The summed E-state index contributed by atoms with van der Waals surface area (Å²) in [7, 11) is 0. The quantitative estimate of drug-likeness (QED) is 0.915. The molecule has 0 amide bonds. The Morgan fingerprint density at radius 3 is 2.95 bits per heavy atom. The lowest BCUT2D eigenvalue weighted by Gasteiger charge is -2.38. The van der Waals surface area contributed by atoms with Gasteiger partial charge in [-0.2, -0.15) is 0 Å². The molecule has 1 saturated heterocycles. The average Bonchev–Trinajstić information content (AvgIpc) is 2.90. The molecule has 4 heteroatoms. The molecule has 2 atom stereocenters. The van der Waals surface area contributed by atoms with Gasteiger partial charge in [0.15, 0.2) is 11.5 Å². The van der Waals surface area contributed by atoms with E-state index in [0.717, 1.165) is 31.1 Å². The lowest BCUT2D eigenvalue weighted by atomic mass is 9.97. The van der Waals surface area contributed by atoms with Crippen molar-refractivity contribution in [1.29, 1.82) is 0 Å². The van der Waals surface area contributed by atoms with Gasteiger partial charge in [-0.3, -0.25) is 4.90 Å². The number of nitrogens with zero attached hydrogens (tertiary/aromatic N) is 1. The van der Waals surface area contributed by atoms with E-state index < -0.39 is 0 Å². The molecule has 1 aromatic rings. The first-order chi connectivity index (χ1) is 9.76. The average molecular weight is 276 g/mol. The summed E-state index contributed by atoms with van der Waals surface area (Å²) in [6.07, 6.45) is 2.47. The van der Waals surface area contributed by atoms with Crippen molar-refractivity contribution in [2.45, 2.75) is 45.3 Å². The van der Waals surface area contributed by atoms with Crippen LogP contribution >= 0.6 is 0 Å². The van der Waals surface area contributed by atoms with E-state index in [2.05, 4.69) is 36.2 Å². The highest BCUT2D eigenvalue weighted by Crippen LogP contribution is 2.33. The molecule has 0 bridgehead atoms. The summed E-state index contributed by atoms with van der Waals surface area (Å²) >= 11 is 0. The molecule has 1 fully saturated rings. The summed E-state index contributed by atoms with van der Waals surface area (Å²) in [5.41, 5.74) is 1.31. The predicted octanol–water partition coefficient (Wildman–Crippen LogP) is 2.38. The van der Waals surface area contributed by atoms with Gasteiger partial charge >= 0.3 is 0 Å². The molecule has 4 nitrogen and oxygen atoms in total. The maximum absolute atomic E-state index is 5.45. The van der Waals surface area contributed by atoms with Gasteiger partial charge in [-0.25, -0.2) is 0 Å². The van der Waals surface area contributed by atoms with Crippen molar-refractivity contribution in [3.05, 3.63) is 23.8 Å². The summed E-state index contributed by atoms with van der Waals surface area (Å²) in [4.78, 5) is 2.56. The molecule has 0 saturated carbocycles. The number of hydrogen-bond acceptors (Lipinski definition) is 4. The van der Waals surface area contributed by atoms with Gasteiger partial charge in [0.05, 0.1) is 0 Å². The molecule has 0 radical (unpaired) electrons. The van der Waals surface area contributed by atoms with Gasteiger partial charge < -0.3 is 14.8 Å². The molecule has 2 unspecified atom stereocenters. The van der Waals surface area contributed by atoms with Gasteiger partial charge in [-0.1, -0.05) is 13.0 Å². The van der Waals surface area contributed by atoms with E-state index in [0.29, 0.717) is 18.9 Å². The second-order valence-corrected chi connectivity index (χ2v) is 5.79. The van der Waals surface area contributed by atoms with Crippen LogP contribution in [0, 0.1) is 0 Å². The third-order valence-electron chi connectivity index (χ3n) is 4.33. The number of benzene rings is 1. The largest absolute Gasteiger partial charge is 0.454 e. The number of hydrogen-bond donors (Lipinski definition) is 1. The highest BCUT2D eigenvalue weighted by molar-refractivity contribution is 5.44. The molecule has 3 rings (SSSR count). The fourth-order valence-corrected chi connectivity index (χ4v) is 3.20. The minimum Gasteiger partial charge on any atom is -0.454 e. The van der Waals surface area contributed by atoms with Crippen molar-refractivity contribution in [2.75, 3.05) is 19.9 Å². The van der Waals surface area contributed by atoms with Crippen molar-refractivity contribution < 1.29 is 9.47 Å². The second-order valence-electron chi connectivity index (χ2n) is 5.79. The summed E-state index contributed by atoms with van der Waals surface area (Å²) in [5.74, 6) is 1.75. The van der Waals surface area contributed by atoms with Gasteiger partial charge in [-0.05, 0) is 44.0 Å². The molecular weight excluding hydrogens is 252 g/mol. The van der Waals surface area contributed by atoms with Crippen LogP contribution in [0.15, 0.2) is 18.2 Å². The van der Waals surface area contributed by atoms with Crippen LogP contribution in [0.4, 0.5) is 0 Å². The molecule has 0 aromatic heterocycles. The van der Waals surface area contributed by atoms with Crippen LogP contribution in [0.1, 0.15) is 32.3 Å². The highest BCUT2D eigenvalue weighted by Gasteiger charge is 2.25. The maximum Gasteiger partial charge on any atom is 0.231 e. The van der Waals surface area contributed by atoms with Crippen molar-refractivity contribution >= 4 is 0 Å². The summed E-state index contributed by atoms with van der Waals surface area (Å²) < 4.78 is 10.8. The van der Waals surface area contributed by atoms with Crippen LogP contribution in [-0.4, -0.2) is 36.9 Å². The fraction of sp³-hybridized carbons (Fsp3) is 0.625. The maximum atomic E-state index is 5.45. The SMILES string of the molecule is CCNC1CCN(Cc2ccc3c(c2)OCO3)C(C)C1. The van der Waals surface area contributed by atoms with Gasteiger partial charge in [0.2, 0.25) is 6.79 Å². The zero-order valence-electron chi connectivity index (χ0n) is 12.4. The molecule has 0 spiro atoms. The van der Waals surface area contributed by atoms with Crippen molar-refractivity contribution in [1.82, 2.24) is 10.2 Å². The van der Waals surface area contributed by atoms with Gasteiger partial charge in [0.25, 0.3) is 0 Å². The first kappa shape index (κ1) is 13.7. The Morgan fingerprint density at radius 1 is 1.30 bits per heavy atom. The monoisotopic (exact) mass is 276 g/mol. The Hall–Kier alpha value is -1.26. The van der Waals surface area contributed by atoms with E-state index in [-0.39, 0.29) is 0 Å². The van der Waals surface area contributed by atoms with Gasteiger partial charge in [-0.15, -0.1) is 0 Å². The minimum absolute atomic E-state index is 0.350. The van der Waals surface area contributed by atoms with Crippen molar-refractivity contribution in [3.8, 4) is 11.5 Å². The topological polar surface area (TPSA) is 33.7 Å². The van der Waals surface area contributed by atoms with E-state index in [9.17, 15) is 0 Å². The van der Waals surface area contributed by atoms with Crippen LogP contribution < -0.4 is 14.8 Å². The van der Waals surface area contributed by atoms with Gasteiger partial charge in [0, 0.05) is 25.2 Å². The number of ether oxygens (including phenoxy) is 2. The fourth-order valence-electron chi connectivity index (χ4n) is 3.20. The minimum atomic E-state index is 0.350. The Morgan fingerprint density at radius 2 is 2.15 bits per heavy atom. The second kappa shape index (κ2) is 6.02. The van der Waals surface area contributed by atoms with Crippen LogP contribution in [0.2, 0.25) is 0 Å². The molecule has 2 heterocycles. The van der Waals surface area contributed by atoms with Crippen molar-refractivity contribution in [2.24, 2.45) is 0 Å². The summed E-state index contributed by atoms with van der Waals surface area (Å²) in [5, 5.41) is 3.57. The smallest absolute Gasteiger partial charge is 0.231 e. The van der Waals surface area contributed by atoms with E-state index in [1.54, 1.807) is 0 Å². The summed E-state index contributed by atoms with van der Waals surface area (Å²) in [6, 6.07) is 7.59. The third kappa shape index (κ3) is 2.91. The Labute approximate surface area is 121 Å². The van der Waals surface area contributed by atoms with Crippen LogP contribution in [0.5, 0.6) is 11.5 Å². The standard InChI is InChI=1S/C16H24N2O2/c1-3-17-14-6-7-18(12(2)8-14)10-13-4-5-15-16(9-13)20-11-19-15/h4-5,9,12,14,17H,3,6-8,10-11H2,1-2H3. The number of rotatable bonds is 4. The molecular formula is C16H24N2O2. The van der Waals surface area contributed by atoms with Crippen molar-refractivity contribution in [3.63, 3.8) is 0 Å². The number of likely N-dealkylation sites (tertiary alicyclic amines) is 1.